The van der Waals surface area contributed by atoms with Gasteiger partial charge in [-0.25, -0.2) is 0 Å². The van der Waals surface area contributed by atoms with Crippen molar-refractivity contribution >= 4 is 16.1 Å². The lowest BCUT2D eigenvalue weighted by atomic mass is 9.88. The maximum absolute atomic E-state index is 12.7. The molecule has 27 heavy (non-hydrogen) atoms. The lowest BCUT2D eigenvalue weighted by molar-refractivity contribution is -0.121. The number of nitrogens with zero attached hydrogens (tertiary/aromatic N) is 3. The Morgan fingerprint density at radius 1 is 1.22 bits per heavy atom. The Bertz CT molecular complexity index is 762. The highest BCUT2D eigenvalue weighted by Crippen LogP contribution is 2.32. The minimum Gasteiger partial charge on any atom is -0.379 e. The van der Waals surface area contributed by atoms with Gasteiger partial charge in [0.05, 0.1) is 19.1 Å². The van der Waals surface area contributed by atoms with Crippen LogP contribution in [0.1, 0.15) is 17.0 Å². The molecule has 1 amide bonds. The van der Waals surface area contributed by atoms with Crippen molar-refractivity contribution in [3.63, 3.8) is 0 Å². The number of hydrogen-bond acceptors (Lipinski definition) is 5. The van der Waals surface area contributed by atoms with Gasteiger partial charge in [0.2, 0.25) is 5.91 Å². The molecule has 0 radical (unpaired) electrons. The highest BCUT2D eigenvalue weighted by molar-refractivity contribution is 7.86. The molecule has 2 saturated heterocycles. The third kappa shape index (κ3) is 4.49. The third-order valence-electron chi connectivity index (χ3n) is 5.37. The third-order valence-corrected chi connectivity index (χ3v) is 7.31. The predicted molar refractivity (Wildman–Crippen MR) is 102 cm³/mol. The molecule has 9 heteroatoms. The van der Waals surface area contributed by atoms with Gasteiger partial charge >= 0.3 is 0 Å². The fraction of sp³-hybridized carbons (Fsp3) is 0.611. The lowest BCUT2D eigenvalue weighted by Crippen LogP contribution is -2.47. The number of amides is 1. The summed E-state index contributed by atoms with van der Waals surface area (Å²) in [5.41, 5.74) is 7.51. The van der Waals surface area contributed by atoms with Gasteiger partial charge in [-0.15, -0.1) is 0 Å². The van der Waals surface area contributed by atoms with E-state index in [2.05, 4.69) is 4.90 Å². The van der Waals surface area contributed by atoms with Crippen LogP contribution in [0.4, 0.5) is 0 Å². The summed E-state index contributed by atoms with van der Waals surface area (Å²) in [4.78, 5) is 13.8. The first-order valence-electron chi connectivity index (χ1n) is 9.15. The van der Waals surface area contributed by atoms with Crippen molar-refractivity contribution in [2.24, 2.45) is 11.7 Å². The summed E-state index contributed by atoms with van der Waals surface area (Å²) >= 11 is 0. The van der Waals surface area contributed by atoms with E-state index in [1.165, 1.54) is 8.61 Å². The van der Waals surface area contributed by atoms with Crippen molar-refractivity contribution in [3.8, 4) is 0 Å². The molecule has 2 heterocycles. The molecular weight excluding hydrogens is 368 g/mol. The first-order valence-corrected chi connectivity index (χ1v) is 10.5. The van der Waals surface area contributed by atoms with Crippen molar-refractivity contribution in [1.29, 1.82) is 0 Å². The highest BCUT2D eigenvalue weighted by Gasteiger charge is 2.35. The Labute approximate surface area is 161 Å². The van der Waals surface area contributed by atoms with Crippen molar-refractivity contribution in [2.45, 2.75) is 12.5 Å². The molecule has 0 spiro atoms. The van der Waals surface area contributed by atoms with Gasteiger partial charge < -0.3 is 15.4 Å². The van der Waals surface area contributed by atoms with Crippen LogP contribution in [0.3, 0.4) is 0 Å². The summed E-state index contributed by atoms with van der Waals surface area (Å²) < 4.78 is 33.4. The minimum absolute atomic E-state index is 0.0800. The molecule has 0 saturated carbocycles. The van der Waals surface area contributed by atoms with Crippen LogP contribution in [0.5, 0.6) is 0 Å². The molecule has 2 aliphatic heterocycles. The molecule has 2 aliphatic rings. The van der Waals surface area contributed by atoms with E-state index >= 15 is 0 Å². The maximum atomic E-state index is 12.7. The number of rotatable bonds is 6. The normalized spacial score (nSPS) is 25.1. The zero-order valence-electron chi connectivity index (χ0n) is 15.9. The Balaban J connectivity index is 1.67. The van der Waals surface area contributed by atoms with E-state index in [0.717, 1.165) is 17.7 Å². The smallest absolute Gasteiger partial charge is 0.282 e. The molecule has 2 atom stereocenters. The number of hydrogen-bond donors (Lipinski definition) is 1. The van der Waals surface area contributed by atoms with Crippen molar-refractivity contribution in [1.82, 2.24) is 13.5 Å². The van der Waals surface area contributed by atoms with Gasteiger partial charge in [0.15, 0.2) is 0 Å². The molecule has 0 unspecified atom stereocenters. The molecule has 2 N–H and O–H groups in total. The van der Waals surface area contributed by atoms with Crippen LogP contribution >= 0.6 is 0 Å². The zero-order valence-corrected chi connectivity index (χ0v) is 16.7. The van der Waals surface area contributed by atoms with Crippen LogP contribution in [0, 0.1) is 5.92 Å². The highest BCUT2D eigenvalue weighted by atomic mass is 32.2. The zero-order chi connectivity index (χ0) is 19.6. The summed E-state index contributed by atoms with van der Waals surface area (Å²) in [7, 11) is 0.0784. The number of benzene rings is 1. The fourth-order valence-corrected chi connectivity index (χ4v) is 5.13. The van der Waals surface area contributed by atoms with Gasteiger partial charge in [-0.2, -0.15) is 17.0 Å². The van der Waals surface area contributed by atoms with Crippen molar-refractivity contribution in [2.75, 3.05) is 53.5 Å². The summed E-state index contributed by atoms with van der Waals surface area (Å²) in [6, 6.07) is 7.81. The number of carbonyl (C=O) groups excluding carboxylic acids is 1. The number of likely N-dealkylation sites (N-methyl/N-ethyl adjacent to an activating group) is 1. The number of primary amides is 1. The van der Waals surface area contributed by atoms with E-state index < -0.39 is 10.2 Å². The van der Waals surface area contributed by atoms with Crippen LogP contribution < -0.4 is 5.73 Å². The fourth-order valence-electron chi connectivity index (χ4n) is 3.81. The SMILES string of the molecule is CN1C[C@H](C(N)=O)[C@@H](c2ccc(CN(C)S(=O)(=O)N3CCOCC3)cc2)C1. The average molecular weight is 397 g/mol. The molecule has 3 rings (SSSR count). The summed E-state index contributed by atoms with van der Waals surface area (Å²) in [6.07, 6.45) is 0. The van der Waals surface area contributed by atoms with E-state index in [-0.39, 0.29) is 17.7 Å². The lowest BCUT2D eigenvalue weighted by Gasteiger charge is -2.30. The molecule has 0 aromatic heterocycles. The second-order valence-electron chi connectivity index (χ2n) is 7.35. The molecule has 0 aliphatic carbocycles. The molecule has 8 nitrogen and oxygen atoms in total. The second-order valence-corrected chi connectivity index (χ2v) is 9.39. The van der Waals surface area contributed by atoms with Gasteiger partial charge in [-0.3, -0.25) is 4.79 Å². The van der Waals surface area contributed by atoms with Gasteiger partial charge in [0.25, 0.3) is 10.2 Å². The Hall–Kier alpha value is -1.52. The molecule has 2 fully saturated rings. The first-order chi connectivity index (χ1) is 12.8. The Morgan fingerprint density at radius 3 is 2.44 bits per heavy atom. The van der Waals surface area contributed by atoms with Crippen LogP contribution in [-0.2, 0) is 26.3 Å². The molecular formula is C18H28N4O4S. The molecule has 1 aromatic carbocycles. The molecule has 1 aromatic rings. The predicted octanol–water partition coefficient (Wildman–Crippen LogP) is -0.174. The summed E-state index contributed by atoms with van der Waals surface area (Å²) in [5, 5.41) is 0. The topological polar surface area (TPSA) is 96.2 Å². The van der Waals surface area contributed by atoms with Gasteiger partial charge in [0.1, 0.15) is 0 Å². The largest absolute Gasteiger partial charge is 0.379 e. The molecule has 150 valence electrons. The van der Waals surface area contributed by atoms with E-state index in [1.807, 2.05) is 31.3 Å². The Kier molecular flexibility index (Phi) is 6.17. The quantitative estimate of drug-likeness (QED) is 0.720. The monoisotopic (exact) mass is 396 g/mol. The van der Waals surface area contributed by atoms with Gasteiger partial charge in [0, 0.05) is 45.7 Å². The van der Waals surface area contributed by atoms with Crippen LogP contribution in [0.25, 0.3) is 0 Å². The number of morpholine rings is 1. The average Bonchev–Trinajstić information content (AvgIpc) is 3.05. The van der Waals surface area contributed by atoms with Gasteiger partial charge in [-0.05, 0) is 18.2 Å². The van der Waals surface area contributed by atoms with E-state index in [9.17, 15) is 13.2 Å². The maximum Gasteiger partial charge on any atom is 0.282 e. The first kappa shape index (κ1) is 20.2. The van der Waals surface area contributed by atoms with E-state index in [1.54, 1.807) is 7.05 Å². The van der Waals surface area contributed by atoms with E-state index in [0.29, 0.717) is 39.4 Å². The summed E-state index contributed by atoms with van der Waals surface area (Å²) in [6.45, 7) is 3.38. The Morgan fingerprint density at radius 2 is 1.85 bits per heavy atom. The number of carbonyl (C=O) groups is 1. The standard InChI is InChI=1S/C18H28N4O4S/c1-20-12-16(17(13-20)18(19)23)15-5-3-14(4-6-15)11-21(2)27(24,25)22-7-9-26-10-8-22/h3-6,16-17H,7-13H2,1-2H3,(H2,19,23)/t16-,17+/m1/s1. The van der Waals surface area contributed by atoms with Crippen molar-refractivity contribution in [3.05, 3.63) is 35.4 Å². The number of nitrogens with two attached hydrogens (primary N) is 1. The summed E-state index contributed by atoms with van der Waals surface area (Å²) in [5.74, 6) is -0.383. The van der Waals surface area contributed by atoms with Crippen LogP contribution in [0.2, 0.25) is 0 Å². The molecule has 0 bridgehead atoms. The second kappa shape index (κ2) is 8.24. The number of ether oxygens (including phenoxy) is 1. The van der Waals surface area contributed by atoms with E-state index in [4.69, 9.17) is 10.5 Å². The van der Waals surface area contributed by atoms with Gasteiger partial charge in [-0.1, -0.05) is 24.3 Å². The van der Waals surface area contributed by atoms with Crippen LogP contribution in [-0.4, -0.2) is 81.3 Å². The minimum atomic E-state index is -3.49. The number of likely N-dealkylation sites (tertiary alicyclic amines) is 1. The van der Waals surface area contributed by atoms with Crippen LogP contribution in [0.15, 0.2) is 24.3 Å². The van der Waals surface area contributed by atoms with Crippen molar-refractivity contribution < 1.29 is 17.9 Å².